The molecule has 0 spiro atoms. The molecule has 5 N–H and O–H groups in total. The Bertz CT molecular complexity index is 1080. The zero-order valence-corrected chi connectivity index (χ0v) is 48.0. The van der Waals surface area contributed by atoms with E-state index in [2.05, 4.69) is 43.5 Å². The maximum atomic E-state index is 12.6. The summed E-state index contributed by atoms with van der Waals surface area (Å²) >= 11 is 0. The fourth-order valence-corrected chi connectivity index (χ4v) is 10.4. The largest absolute Gasteiger partial charge is 0.394 e. The molecule has 0 aromatic rings. The number of unbranched alkanes of at least 4 members (excludes halogenated alkanes) is 47. The highest BCUT2D eigenvalue weighted by Crippen LogP contribution is 2.19. The number of hydrogen-bond donors (Lipinski definition) is 5. The van der Waals surface area contributed by atoms with Crippen LogP contribution in [0.1, 0.15) is 354 Å². The topological polar surface area (TPSA) is 110 Å². The molecule has 0 radical (unpaired) electrons. The first kappa shape index (κ1) is 69.8. The van der Waals surface area contributed by atoms with Crippen LogP contribution < -0.4 is 5.32 Å². The summed E-state index contributed by atoms with van der Waals surface area (Å²) < 4.78 is 0. The van der Waals surface area contributed by atoms with E-state index in [-0.39, 0.29) is 0 Å². The molecule has 0 saturated carbocycles. The van der Waals surface area contributed by atoms with Gasteiger partial charge in [0.2, 0.25) is 5.91 Å². The van der Waals surface area contributed by atoms with Gasteiger partial charge in [0.05, 0.1) is 18.8 Å². The van der Waals surface area contributed by atoms with Crippen molar-refractivity contribution in [2.24, 2.45) is 0 Å². The zero-order chi connectivity index (χ0) is 51.6. The highest BCUT2D eigenvalue weighted by Gasteiger charge is 2.28. The van der Waals surface area contributed by atoms with Gasteiger partial charge in [-0.2, -0.15) is 0 Å². The van der Waals surface area contributed by atoms with Crippen LogP contribution in [0.25, 0.3) is 0 Å². The third-order valence-corrected chi connectivity index (χ3v) is 15.4. The fraction of sp³-hybridized carbons (Fsp3) is 0.923. The number of carbonyl (C=O) groups is 1. The molecule has 0 rings (SSSR count). The Labute approximate surface area is 444 Å². The summed E-state index contributed by atoms with van der Waals surface area (Å²) in [6.07, 6.45) is 74.3. The van der Waals surface area contributed by atoms with Gasteiger partial charge >= 0.3 is 0 Å². The molecular formula is C65H127NO5. The summed E-state index contributed by atoms with van der Waals surface area (Å²) in [7, 11) is 0. The molecule has 4 atom stereocenters. The third-order valence-electron chi connectivity index (χ3n) is 15.4. The Balaban J connectivity index is 3.52. The van der Waals surface area contributed by atoms with E-state index in [0.717, 1.165) is 44.9 Å². The van der Waals surface area contributed by atoms with Crippen LogP contribution in [0.5, 0.6) is 0 Å². The molecule has 0 aliphatic heterocycles. The minimum atomic E-state index is -1.26. The van der Waals surface area contributed by atoms with Crippen LogP contribution in [0.3, 0.4) is 0 Å². The van der Waals surface area contributed by atoms with Crippen LogP contribution in [0, 0.1) is 0 Å². The molecule has 0 aromatic carbocycles. The van der Waals surface area contributed by atoms with Crippen LogP contribution in [0.2, 0.25) is 0 Å². The number of carbonyl (C=O) groups excluding carboxylic acids is 1. The van der Waals surface area contributed by atoms with E-state index in [1.54, 1.807) is 0 Å². The van der Waals surface area contributed by atoms with Gasteiger partial charge in [0.15, 0.2) is 0 Å². The minimum Gasteiger partial charge on any atom is -0.394 e. The molecule has 0 heterocycles. The Kier molecular flexibility index (Phi) is 58.6. The van der Waals surface area contributed by atoms with Crippen LogP contribution in [0.15, 0.2) is 24.3 Å². The number of hydrogen-bond acceptors (Lipinski definition) is 5. The smallest absolute Gasteiger partial charge is 0.249 e. The lowest BCUT2D eigenvalue weighted by molar-refractivity contribution is -0.132. The summed E-state index contributed by atoms with van der Waals surface area (Å²) in [5.74, 6) is -0.578. The number of rotatable bonds is 60. The molecule has 0 saturated heterocycles. The Morgan fingerprint density at radius 3 is 0.887 bits per heavy atom. The van der Waals surface area contributed by atoms with Gasteiger partial charge in [0, 0.05) is 0 Å². The normalized spacial score (nSPS) is 13.7. The average Bonchev–Trinajstić information content (AvgIpc) is 3.38. The quantitative estimate of drug-likeness (QED) is 0.0308. The number of nitrogens with one attached hydrogen (secondary N) is 1. The van der Waals surface area contributed by atoms with Gasteiger partial charge in [-0.25, -0.2) is 0 Å². The van der Waals surface area contributed by atoms with Crippen LogP contribution in [-0.4, -0.2) is 57.3 Å². The molecule has 422 valence electrons. The standard InChI is InChI=1S/C65H127NO5/c1-3-5-7-9-11-13-15-17-19-21-22-23-24-25-26-27-28-29-30-31-32-33-34-35-36-37-38-39-40-41-43-45-47-49-51-53-55-57-59-63(69)65(71)66-61(60-67)64(70)62(68)58-56-54-52-50-48-46-44-42-20-18-16-14-12-10-8-6-4-2/h28-29,31-32,61-64,67-70H,3-27,30,33-60H2,1-2H3,(H,66,71)/b29-28-,32-31-. The maximum Gasteiger partial charge on any atom is 0.249 e. The highest BCUT2D eigenvalue weighted by molar-refractivity contribution is 5.80. The van der Waals surface area contributed by atoms with Crippen molar-refractivity contribution in [3.05, 3.63) is 24.3 Å². The molecule has 0 aliphatic carbocycles. The van der Waals surface area contributed by atoms with Crippen molar-refractivity contribution >= 4 is 5.91 Å². The minimum absolute atomic E-state index is 0.372. The number of aliphatic hydroxyl groups is 4. The van der Waals surface area contributed by atoms with Gasteiger partial charge in [0.1, 0.15) is 12.2 Å². The number of allylic oxidation sites excluding steroid dienone is 4. The van der Waals surface area contributed by atoms with E-state index in [1.807, 2.05) is 0 Å². The van der Waals surface area contributed by atoms with E-state index in [4.69, 9.17) is 0 Å². The molecule has 4 unspecified atom stereocenters. The molecule has 0 fully saturated rings. The Hall–Kier alpha value is -1.21. The summed E-state index contributed by atoms with van der Waals surface area (Å²) in [6, 6.07) is -0.984. The second-order valence-electron chi connectivity index (χ2n) is 22.5. The summed E-state index contributed by atoms with van der Waals surface area (Å²) in [6.45, 7) is 4.10. The molecule has 0 aromatic heterocycles. The molecule has 0 bridgehead atoms. The zero-order valence-electron chi connectivity index (χ0n) is 48.0. The van der Waals surface area contributed by atoms with E-state index < -0.39 is 36.9 Å². The SMILES string of the molecule is CCCCCCCCCCCCCCCCC/C=C\C/C=C\CCCCCCCCCCCCCCCCCCC(O)C(=O)NC(CO)C(O)C(O)CCCCCCCCCCCCCCCCCCC. The lowest BCUT2D eigenvalue weighted by Crippen LogP contribution is -2.53. The summed E-state index contributed by atoms with van der Waals surface area (Å²) in [5.41, 5.74) is 0. The van der Waals surface area contributed by atoms with E-state index in [0.29, 0.717) is 12.8 Å². The predicted molar refractivity (Wildman–Crippen MR) is 311 cm³/mol. The molecule has 1 amide bonds. The van der Waals surface area contributed by atoms with Gasteiger partial charge in [-0.3, -0.25) is 4.79 Å². The average molecular weight is 1000 g/mol. The van der Waals surface area contributed by atoms with Crippen molar-refractivity contribution in [2.75, 3.05) is 6.61 Å². The lowest BCUT2D eigenvalue weighted by Gasteiger charge is -2.27. The molecular weight excluding hydrogens is 875 g/mol. The van der Waals surface area contributed by atoms with E-state index >= 15 is 0 Å². The first-order chi connectivity index (χ1) is 35.0. The molecule has 6 heteroatoms. The van der Waals surface area contributed by atoms with Crippen molar-refractivity contribution in [1.29, 1.82) is 0 Å². The van der Waals surface area contributed by atoms with Gasteiger partial charge in [0.25, 0.3) is 0 Å². The maximum absolute atomic E-state index is 12.6. The van der Waals surface area contributed by atoms with Gasteiger partial charge in [-0.15, -0.1) is 0 Å². The van der Waals surface area contributed by atoms with Crippen molar-refractivity contribution in [3.63, 3.8) is 0 Å². The van der Waals surface area contributed by atoms with Crippen molar-refractivity contribution < 1.29 is 25.2 Å². The summed E-state index contributed by atoms with van der Waals surface area (Å²) in [4.78, 5) is 12.6. The number of amides is 1. The second-order valence-corrected chi connectivity index (χ2v) is 22.5. The van der Waals surface area contributed by atoms with Gasteiger partial charge < -0.3 is 25.7 Å². The Morgan fingerprint density at radius 1 is 0.352 bits per heavy atom. The third kappa shape index (κ3) is 53.4. The van der Waals surface area contributed by atoms with Crippen LogP contribution in [-0.2, 0) is 4.79 Å². The van der Waals surface area contributed by atoms with Crippen molar-refractivity contribution in [3.8, 4) is 0 Å². The first-order valence-electron chi connectivity index (χ1n) is 32.2. The first-order valence-corrected chi connectivity index (χ1v) is 32.2. The van der Waals surface area contributed by atoms with Crippen molar-refractivity contribution in [1.82, 2.24) is 5.32 Å². The Morgan fingerprint density at radius 2 is 0.606 bits per heavy atom. The number of aliphatic hydroxyl groups excluding tert-OH is 4. The second kappa shape index (κ2) is 59.7. The van der Waals surface area contributed by atoms with Crippen molar-refractivity contribution in [2.45, 2.75) is 379 Å². The van der Waals surface area contributed by atoms with Crippen LogP contribution in [0.4, 0.5) is 0 Å². The van der Waals surface area contributed by atoms with Gasteiger partial charge in [-0.1, -0.05) is 334 Å². The monoisotopic (exact) mass is 1000 g/mol. The predicted octanol–water partition coefficient (Wildman–Crippen LogP) is 19.4. The van der Waals surface area contributed by atoms with Crippen LogP contribution >= 0.6 is 0 Å². The van der Waals surface area contributed by atoms with E-state index in [9.17, 15) is 25.2 Å². The lowest BCUT2D eigenvalue weighted by atomic mass is 9.99. The highest BCUT2D eigenvalue weighted by atomic mass is 16.3. The summed E-state index contributed by atoms with van der Waals surface area (Å²) in [5, 5.41) is 44.1. The molecule has 71 heavy (non-hydrogen) atoms. The molecule has 0 aliphatic rings. The van der Waals surface area contributed by atoms with Gasteiger partial charge in [-0.05, 0) is 44.9 Å². The fourth-order valence-electron chi connectivity index (χ4n) is 10.4. The molecule has 6 nitrogen and oxygen atoms in total. The van der Waals surface area contributed by atoms with E-state index in [1.165, 1.54) is 283 Å².